The first-order valence-electron chi connectivity index (χ1n) is 24.0. The molecule has 1 aliphatic rings. The van der Waals surface area contributed by atoms with Crippen molar-refractivity contribution in [1.82, 2.24) is 0 Å². The van der Waals surface area contributed by atoms with Gasteiger partial charge in [0.2, 0.25) is 0 Å². The van der Waals surface area contributed by atoms with Crippen LogP contribution in [0.3, 0.4) is 0 Å². The van der Waals surface area contributed by atoms with Gasteiger partial charge < -0.3 is 9.32 Å². The summed E-state index contributed by atoms with van der Waals surface area (Å²) < 4.78 is 8.76. The van der Waals surface area contributed by atoms with E-state index in [1.165, 1.54) is 81.4 Å². The van der Waals surface area contributed by atoms with Crippen molar-refractivity contribution in [1.29, 1.82) is 0 Å². The average molecular weight is 910 g/mol. The molecule has 1 aliphatic carbocycles. The smallest absolute Gasteiger partial charge is 0.135 e. The number of hydrogen-bond acceptors (Lipinski definition) is 3. The van der Waals surface area contributed by atoms with Gasteiger partial charge in [0, 0.05) is 47.9 Å². The van der Waals surface area contributed by atoms with Crippen molar-refractivity contribution in [3.05, 3.63) is 283 Å². The average Bonchev–Trinajstić information content (AvgIpc) is 4.10. The highest BCUT2D eigenvalue weighted by Crippen LogP contribution is 2.59. The lowest BCUT2D eigenvalue weighted by atomic mass is 9.68. The van der Waals surface area contributed by atoms with Crippen LogP contribution in [0, 0.1) is 0 Å². The van der Waals surface area contributed by atoms with Crippen molar-refractivity contribution >= 4 is 70.5 Å². The first-order chi connectivity index (χ1) is 34.7. The number of hydrogen-bond donors (Lipinski definition) is 0. The van der Waals surface area contributed by atoms with Crippen LogP contribution in [-0.4, -0.2) is 0 Å². The number of benzene rings is 11. The van der Waals surface area contributed by atoms with Gasteiger partial charge in [0.1, 0.15) is 11.2 Å². The summed E-state index contributed by atoms with van der Waals surface area (Å²) in [6, 6.07) is 95.7. The van der Waals surface area contributed by atoms with Gasteiger partial charge in [-0.2, -0.15) is 0 Å². The monoisotopic (exact) mass is 909 g/mol. The molecule has 0 unspecified atom stereocenters. The van der Waals surface area contributed by atoms with Crippen molar-refractivity contribution in [2.45, 2.75) is 5.41 Å². The van der Waals surface area contributed by atoms with E-state index in [0.29, 0.717) is 0 Å². The van der Waals surface area contributed by atoms with E-state index in [9.17, 15) is 0 Å². The third kappa shape index (κ3) is 6.32. The topological polar surface area (TPSA) is 16.4 Å². The van der Waals surface area contributed by atoms with Crippen molar-refractivity contribution in [3.63, 3.8) is 0 Å². The standard InChI is InChI=1S/C67H43NOS/c1-3-14-50(15-4-1)67(51-16-5-2-6-17-51)59-21-10-7-20-57(59)66-60(67)22-13-23-61(66)68(53-38-32-47(33-39-53)49-34-40-56-55-19-9-12-25-64(55)70-65(56)43-49)52-36-30-45(31-37-52)44-26-28-46(29-27-44)48-35-41-63-58(42-48)54-18-8-11-24-62(54)69-63/h1-43H. The first-order valence-corrected chi connectivity index (χ1v) is 24.8. The van der Waals surface area contributed by atoms with E-state index in [1.807, 2.05) is 23.5 Å². The largest absolute Gasteiger partial charge is 0.456 e. The zero-order chi connectivity index (χ0) is 46.2. The van der Waals surface area contributed by atoms with Gasteiger partial charge in [-0.3, -0.25) is 0 Å². The van der Waals surface area contributed by atoms with Gasteiger partial charge in [-0.05, 0) is 122 Å². The molecule has 70 heavy (non-hydrogen) atoms. The summed E-state index contributed by atoms with van der Waals surface area (Å²) in [6.45, 7) is 0. The maximum Gasteiger partial charge on any atom is 0.135 e. The van der Waals surface area contributed by atoms with Crippen LogP contribution >= 0.6 is 11.3 Å². The van der Waals surface area contributed by atoms with E-state index in [0.717, 1.165) is 44.6 Å². The highest BCUT2D eigenvalue weighted by atomic mass is 32.1. The Kier molecular flexibility index (Phi) is 9.33. The zero-order valence-electron chi connectivity index (χ0n) is 38.1. The van der Waals surface area contributed by atoms with Crippen molar-refractivity contribution in [2.75, 3.05) is 4.90 Å². The third-order valence-electron chi connectivity index (χ3n) is 14.6. The Hall–Kier alpha value is -8.76. The molecule has 0 saturated carbocycles. The molecule has 13 aromatic rings. The summed E-state index contributed by atoms with van der Waals surface area (Å²) in [5.74, 6) is 0. The number of anilines is 3. The number of furan rings is 1. The Morgan fingerprint density at radius 1 is 0.329 bits per heavy atom. The lowest BCUT2D eigenvalue weighted by molar-refractivity contribution is 0.669. The molecule has 0 saturated heterocycles. The van der Waals surface area contributed by atoms with Gasteiger partial charge in [-0.25, -0.2) is 0 Å². The fourth-order valence-corrected chi connectivity index (χ4v) is 12.5. The Morgan fingerprint density at radius 2 is 0.829 bits per heavy atom. The molecule has 3 heteroatoms. The number of rotatable bonds is 8. The fourth-order valence-electron chi connectivity index (χ4n) is 11.4. The number of para-hydroxylation sites is 1. The van der Waals surface area contributed by atoms with Crippen LogP contribution in [0.15, 0.2) is 265 Å². The molecule has 328 valence electrons. The Bertz CT molecular complexity index is 4050. The molecule has 0 fully saturated rings. The minimum Gasteiger partial charge on any atom is -0.456 e. The molecule has 2 nitrogen and oxygen atoms in total. The second-order valence-electron chi connectivity index (χ2n) is 18.4. The van der Waals surface area contributed by atoms with Gasteiger partial charge in [0.25, 0.3) is 0 Å². The summed E-state index contributed by atoms with van der Waals surface area (Å²) in [4.78, 5) is 2.46. The van der Waals surface area contributed by atoms with Crippen molar-refractivity contribution < 1.29 is 4.42 Å². The molecule has 11 aromatic carbocycles. The molecule has 0 bridgehead atoms. The van der Waals surface area contributed by atoms with Crippen LogP contribution < -0.4 is 4.90 Å². The van der Waals surface area contributed by atoms with Crippen LogP contribution in [0.2, 0.25) is 0 Å². The second-order valence-corrected chi connectivity index (χ2v) is 19.4. The minimum absolute atomic E-state index is 0.515. The molecule has 2 heterocycles. The summed E-state index contributed by atoms with van der Waals surface area (Å²) in [5, 5.41) is 4.91. The highest BCUT2D eigenvalue weighted by Gasteiger charge is 2.47. The maximum atomic E-state index is 6.13. The third-order valence-corrected chi connectivity index (χ3v) is 15.7. The Labute approximate surface area is 410 Å². The van der Waals surface area contributed by atoms with E-state index < -0.39 is 5.41 Å². The quantitative estimate of drug-likeness (QED) is 0.151. The van der Waals surface area contributed by atoms with E-state index in [4.69, 9.17) is 4.42 Å². The zero-order valence-corrected chi connectivity index (χ0v) is 38.9. The summed E-state index contributed by atoms with van der Waals surface area (Å²) in [7, 11) is 0. The second kappa shape index (κ2) is 16.2. The number of nitrogens with zero attached hydrogens (tertiary/aromatic N) is 1. The molecule has 0 spiro atoms. The van der Waals surface area contributed by atoms with E-state index in [-0.39, 0.29) is 0 Å². The molecule has 0 N–H and O–H groups in total. The molecule has 14 rings (SSSR count). The van der Waals surface area contributed by atoms with Gasteiger partial charge in [0.15, 0.2) is 0 Å². The first kappa shape index (κ1) is 40.3. The minimum atomic E-state index is -0.515. The summed E-state index contributed by atoms with van der Waals surface area (Å²) >= 11 is 1.86. The molecule has 0 atom stereocenters. The molecular weight excluding hydrogens is 867 g/mol. The van der Waals surface area contributed by atoms with Gasteiger partial charge in [0.05, 0.1) is 11.1 Å². The predicted molar refractivity (Wildman–Crippen MR) is 295 cm³/mol. The lowest BCUT2D eigenvalue weighted by Crippen LogP contribution is -2.28. The van der Waals surface area contributed by atoms with E-state index >= 15 is 0 Å². The maximum absolute atomic E-state index is 6.13. The predicted octanol–water partition coefficient (Wildman–Crippen LogP) is 18.8. The Morgan fingerprint density at radius 3 is 1.53 bits per heavy atom. The number of thiophene rings is 1. The number of fused-ring (bicyclic) bond motifs is 9. The van der Waals surface area contributed by atoms with Gasteiger partial charge >= 0.3 is 0 Å². The van der Waals surface area contributed by atoms with Crippen LogP contribution in [-0.2, 0) is 5.41 Å². The van der Waals surface area contributed by atoms with Crippen molar-refractivity contribution in [2.24, 2.45) is 0 Å². The molecule has 0 radical (unpaired) electrons. The fraction of sp³-hybridized carbons (Fsp3) is 0.0149. The highest BCUT2D eigenvalue weighted by molar-refractivity contribution is 7.25. The van der Waals surface area contributed by atoms with Gasteiger partial charge in [-0.15, -0.1) is 11.3 Å². The van der Waals surface area contributed by atoms with E-state index in [1.54, 1.807) is 0 Å². The summed E-state index contributed by atoms with van der Waals surface area (Å²) in [5.41, 5.74) is 19.3. The molecule has 2 aromatic heterocycles. The van der Waals surface area contributed by atoms with E-state index in [2.05, 4.69) is 254 Å². The Balaban J connectivity index is 0.892. The molecule has 0 aliphatic heterocycles. The van der Waals surface area contributed by atoms with Gasteiger partial charge in [-0.1, -0.05) is 200 Å². The molecular formula is C67H43NOS. The van der Waals surface area contributed by atoms with Crippen LogP contribution in [0.25, 0.3) is 86.6 Å². The van der Waals surface area contributed by atoms with Crippen molar-refractivity contribution in [3.8, 4) is 44.5 Å². The SMILES string of the molecule is c1ccc(C2(c3ccccc3)c3ccccc3-c3c(N(c4ccc(-c5ccc(-c6ccc7oc8ccccc8c7c6)cc5)cc4)c4ccc(-c5ccc6c(c5)sc5ccccc56)cc4)cccc32)cc1. The molecule has 0 amide bonds. The van der Waals surface area contributed by atoms with Crippen LogP contribution in [0.5, 0.6) is 0 Å². The lowest BCUT2D eigenvalue weighted by Gasteiger charge is -2.34. The van der Waals surface area contributed by atoms with Crippen LogP contribution in [0.4, 0.5) is 17.1 Å². The van der Waals surface area contributed by atoms with Crippen LogP contribution in [0.1, 0.15) is 22.3 Å². The summed E-state index contributed by atoms with van der Waals surface area (Å²) in [6.07, 6.45) is 0. The normalized spacial score (nSPS) is 12.7.